The summed E-state index contributed by atoms with van der Waals surface area (Å²) in [4.78, 5) is 10.6. The van der Waals surface area contributed by atoms with Crippen LogP contribution in [-0.4, -0.2) is 13.1 Å². The van der Waals surface area contributed by atoms with Crippen LogP contribution in [0.3, 0.4) is 0 Å². The van der Waals surface area contributed by atoms with Crippen LogP contribution in [0.15, 0.2) is 0 Å². The van der Waals surface area contributed by atoms with Crippen molar-refractivity contribution in [3.63, 3.8) is 0 Å². The average molecular weight is 312 g/mol. The largest absolute Gasteiger partial charge is 0.431 e. The molecule has 0 aliphatic heterocycles. The third-order valence-corrected chi connectivity index (χ3v) is 8.68. The average Bonchev–Trinajstić information content (AvgIpc) is 2.38. The number of benzene rings is 1. The smallest absolute Gasteiger partial charge is 0.200 e. The molecule has 0 aromatic heterocycles. The second-order valence-corrected chi connectivity index (χ2v) is 10.2. The second kappa shape index (κ2) is 5.81. The lowest BCUT2D eigenvalue weighted by molar-refractivity contribution is 0.370. The van der Waals surface area contributed by atoms with Crippen molar-refractivity contribution in [3.8, 4) is 0 Å². The van der Waals surface area contributed by atoms with Crippen molar-refractivity contribution in [1.82, 2.24) is 0 Å². The zero-order valence-corrected chi connectivity index (χ0v) is 12.7. The van der Waals surface area contributed by atoms with E-state index in [1.54, 1.807) is 27.7 Å². The minimum Gasteiger partial charge on any atom is -0.431 e. The van der Waals surface area contributed by atoms with Gasteiger partial charge in [0.05, 0.1) is 0 Å². The van der Waals surface area contributed by atoms with Crippen LogP contribution >= 0.6 is 0 Å². The maximum Gasteiger partial charge on any atom is 0.200 e. The summed E-state index contributed by atoms with van der Waals surface area (Å²) in [5.74, 6) is -9.82. The van der Waals surface area contributed by atoms with Crippen LogP contribution in [0.4, 0.5) is 22.0 Å². The van der Waals surface area contributed by atoms with Gasteiger partial charge in [-0.3, -0.25) is 0 Å². The van der Waals surface area contributed by atoms with E-state index in [4.69, 9.17) is 0 Å². The summed E-state index contributed by atoms with van der Waals surface area (Å²) in [6.45, 7) is 6.72. The maximum absolute atomic E-state index is 13.6. The molecule has 114 valence electrons. The van der Waals surface area contributed by atoms with Gasteiger partial charge < -0.3 is 4.80 Å². The first-order valence-electron chi connectivity index (χ1n) is 6.26. The highest BCUT2D eigenvalue weighted by atomic mass is 28.4. The Kier molecular flexibility index (Phi) is 4.97. The van der Waals surface area contributed by atoms with E-state index in [0.717, 1.165) is 0 Å². The lowest BCUT2D eigenvalue weighted by atomic mass is 10.2. The van der Waals surface area contributed by atoms with Crippen LogP contribution in [0.25, 0.3) is 0 Å². The third-order valence-electron chi connectivity index (χ3n) is 3.76. The standard InChI is InChI=1S/C13H17F5OSi/c1-6(2)20(19,7(3)4)5-8-9(14)11(16)13(18)12(17)10(8)15/h6-7,19H,5H2,1-4H3. The van der Waals surface area contributed by atoms with Crippen LogP contribution in [0, 0.1) is 29.1 Å². The van der Waals surface area contributed by atoms with Crippen LogP contribution < -0.4 is 0 Å². The zero-order valence-electron chi connectivity index (χ0n) is 11.7. The maximum atomic E-state index is 13.6. The molecule has 20 heavy (non-hydrogen) atoms. The molecule has 7 heteroatoms. The molecule has 0 amide bonds. The number of halogens is 5. The summed E-state index contributed by atoms with van der Waals surface area (Å²) in [5, 5.41) is 0. The third kappa shape index (κ3) is 2.74. The van der Waals surface area contributed by atoms with Gasteiger partial charge in [0.15, 0.2) is 31.6 Å². The molecule has 1 N–H and O–H groups in total. The quantitative estimate of drug-likeness (QED) is 0.382. The molecule has 0 bridgehead atoms. The minimum atomic E-state index is -3.21. The van der Waals surface area contributed by atoms with E-state index in [1.807, 2.05) is 0 Å². The van der Waals surface area contributed by atoms with Gasteiger partial charge in [-0.25, -0.2) is 22.0 Å². The van der Waals surface area contributed by atoms with E-state index in [0.29, 0.717) is 0 Å². The number of hydrogen-bond acceptors (Lipinski definition) is 1. The molecule has 0 spiro atoms. The van der Waals surface area contributed by atoms with Gasteiger partial charge in [0.2, 0.25) is 5.82 Å². The summed E-state index contributed by atoms with van der Waals surface area (Å²) in [5.41, 5.74) is -1.48. The van der Waals surface area contributed by atoms with Crippen molar-refractivity contribution in [2.24, 2.45) is 0 Å². The fraction of sp³-hybridized carbons (Fsp3) is 0.538. The van der Waals surface area contributed by atoms with Crippen LogP contribution in [0.2, 0.25) is 11.1 Å². The van der Waals surface area contributed by atoms with Crippen LogP contribution in [-0.2, 0) is 6.04 Å². The van der Waals surface area contributed by atoms with Crippen molar-refractivity contribution >= 4 is 8.32 Å². The van der Waals surface area contributed by atoms with Gasteiger partial charge in [-0.1, -0.05) is 27.7 Å². The molecule has 0 aliphatic carbocycles. The summed E-state index contributed by atoms with van der Waals surface area (Å²) in [6.07, 6.45) is 0. The van der Waals surface area contributed by atoms with Crippen molar-refractivity contribution in [1.29, 1.82) is 0 Å². The van der Waals surface area contributed by atoms with Gasteiger partial charge in [-0.05, 0) is 17.1 Å². The Balaban J connectivity index is 3.42. The SMILES string of the molecule is CC(C)[Si](O)(Cc1c(F)c(F)c(F)c(F)c1F)C(C)C. The fourth-order valence-electron chi connectivity index (χ4n) is 2.16. The molecule has 0 atom stereocenters. The summed E-state index contributed by atoms with van der Waals surface area (Å²) in [7, 11) is -3.21. The predicted octanol–water partition coefficient (Wildman–Crippen LogP) is 4.22. The molecule has 0 radical (unpaired) electrons. The lowest BCUT2D eigenvalue weighted by Gasteiger charge is -2.33. The van der Waals surface area contributed by atoms with E-state index >= 15 is 0 Å². The molecular formula is C13H17F5OSi. The Morgan fingerprint density at radius 3 is 1.35 bits per heavy atom. The molecule has 0 saturated carbocycles. The Hall–Kier alpha value is -0.953. The molecule has 0 unspecified atom stereocenters. The highest BCUT2D eigenvalue weighted by Gasteiger charge is 2.41. The number of rotatable bonds is 4. The van der Waals surface area contributed by atoms with Gasteiger partial charge in [0.25, 0.3) is 0 Å². The minimum absolute atomic E-state index is 0.280. The van der Waals surface area contributed by atoms with Gasteiger partial charge in [-0.2, -0.15) is 0 Å². The Morgan fingerprint density at radius 2 is 1.05 bits per heavy atom. The first kappa shape index (κ1) is 17.1. The lowest BCUT2D eigenvalue weighted by Crippen LogP contribution is -2.45. The molecular weight excluding hydrogens is 295 g/mol. The van der Waals surface area contributed by atoms with Crippen molar-refractivity contribution < 1.29 is 26.7 Å². The molecule has 1 aromatic rings. The molecule has 0 aliphatic rings. The summed E-state index contributed by atoms with van der Waals surface area (Å²) in [6, 6.07) is -0.506. The predicted molar refractivity (Wildman–Crippen MR) is 68.1 cm³/mol. The normalized spacial score (nSPS) is 12.6. The molecule has 0 fully saturated rings. The van der Waals surface area contributed by atoms with E-state index in [9.17, 15) is 26.7 Å². The molecule has 1 rings (SSSR count). The Labute approximate surface area is 115 Å². The Bertz CT molecular complexity index is 479. The summed E-state index contributed by atoms with van der Waals surface area (Å²) < 4.78 is 66.6. The highest BCUT2D eigenvalue weighted by Crippen LogP contribution is 2.35. The van der Waals surface area contributed by atoms with Gasteiger partial charge in [-0.15, -0.1) is 0 Å². The van der Waals surface area contributed by atoms with Crippen molar-refractivity contribution in [2.45, 2.75) is 44.8 Å². The summed E-state index contributed by atoms with van der Waals surface area (Å²) >= 11 is 0. The topological polar surface area (TPSA) is 20.2 Å². The molecule has 0 heterocycles. The second-order valence-electron chi connectivity index (χ2n) is 5.53. The van der Waals surface area contributed by atoms with Gasteiger partial charge in [0, 0.05) is 5.56 Å². The number of hydrogen-bond donors (Lipinski definition) is 1. The highest BCUT2D eigenvalue weighted by molar-refractivity contribution is 6.74. The van der Waals surface area contributed by atoms with Gasteiger partial charge in [0.1, 0.15) is 0 Å². The van der Waals surface area contributed by atoms with E-state index in [-0.39, 0.29) is 11.1 Å². The molecule has 1 nitrogen and oxygen atoms in total. The van der Waals surface area contributed by atoms with Crippen LogP contribution in [0.1, 0.15) is 33.3 Å². The Morgan fingerprint density at radius 1 is 0.750 bits per heavy atom. The van der Waals surface area contributed by atoms with Crippen molar-refractivity contribution in [3.05, 3.63) is 34.6 Å². The van der Waals surface area contributed by atoms with E-state index < -0.39 is 49.0 Å². The first-order valence-corrected chi connectivity index (χ1v) is 8.57. The first-order chi connectivity index (χ1) is 9.04. The van der Waals surface area contributed by atoms with Crippen LogP contribution in [0.5, 0.6) is 0 Å². The fourth-order valence-corrected chi connectivity index (χ4v) is 5.19. The molecule has 1 aromatic carbocycles. The van der Waals surface area contributed by atoms with Crippen molar-refractivity contribution in [2.75, 3.05) is 0 Å². The zero-order chi connectivity index (χ0) is 15.8. The van der Waals surface area contributed by atoms with Gasteiger partial charge >= 0.3 is 0 Å². The van der Waals surface area contributed by atoms with E-state index in [1.165, 1.54) is 0 Å². The monoisotopic (exact) mass is 312 g/mol. The van der Waals surface area contributed by atoms with E-state index in [2.05, 4.69) is 0 Å². The molecule has 0 saturated heterocycles.